The van der Waals surface area contributed by atoms with E-state index in [1.165, 1.54) is 47.4 Å². The molecule has 6 aliphatic rings. The fraction of sp³-hybridized carbons (Fsp3) is 0.376. The number of pyridine rings is 3. The van der Waals surface area contributed by atoms with E-state index in [0.717, 1.165) is 131 Å². The molecule has 24 nitrogen and oxygen atoms in total. The van der Waals surface area contributed by atoms with Crippen LogP contribution in [0.15, 0.2) is 184 Å². The van der Waals surface area contributed by atoms with Crippen LogP contribution in [0.2, 0.25) is 0 Å². The summed E-state index contributed by atoms with van der Waals surface area (Å²) in [6.45, 7) is 3.47. The first-order valence-electron chi connectivity index (χ1n) is 39.0. The quantitative estimate of drug-likeness (QED) is 0.0199. The van der Waals surface area contributed by atoms with E-state index < -0.39 is 66.4 Å². The minimum absolute atomic E-state index is 0. The first kappa shape index (κ1) is 92.7. The SMILES string of the molecule is C=CC(C)(O)C(F)(F)F.O=C(NC1CC2(C1)CC(c1n[nH]c(=O)c3ccccc13)C2)c1cnn2cc(/C=C/C(O)(C(F)(F)F)C(F)(F)F)ccc12.O=C(NC1CC2(C1)CC(c1n[nH]c(=O)c3ccccc13)C2)c1cnn2cc(Br)ccc12.O=C(NC1CC2(C1)CC(c1n[nH]c(=O)c3ccccc13)C2)c1cnn2cc(CCC(O)(C(F)(F)F)C(F)(F)F)ccc12.[CH3-].[Pd]. The molecule has 12 aromatic rings. The first-order valence-corrected chi connectivity index (χ1v) is 39.8. The maximum Gasteiger partial charge on any atom is 0.430 e. The molecule has 0 radical (unpaired) electrons. The molecule has 126 heavy (non-hydrogen) atoms. The summed E-state index contributed by atoms with van der Waals surface area (Å²) in [5, 5.41) is 73.9. The second-order valence-corrected chi connectivity index (χ2v) is 34.2. The summed E-state index contributed by atoms with van der Waals surface area (Å²) >= 11 is 3.42. The van der Waals surface area contributed by atoms with E-state index in [-0.39, 0.29) is 131 Å². The zero-order valence-corrected chi connectivity index (χ0v) is 69.5. The minimum atomic E-state index is -5.98. The van der Waals surface area contributed by atoms with Crippen LogP contribution in [-0.2, 0) is 26.8 Å². The van der Waals surface area contributed by atoms with Gasteiger partial charge >= 0.3 is 30.9 Å². The Morgan fingerprint density at radius 3 is 1.12 bits per heavy atom. The molecule has 6 saturated carbocycles. The normalized spacial score (nSPS) is 22.7. The topological polar surface area (TPSA) is 337 Å². The van der Waals surface area contributed by atoms with Crippen LogP contribution in [0, 0.1) is 23.7 Å². The van der Waals surface area contributed by atoms with Crippen LogP contribution in [0.4, 0.5) is 65.9 Å². The number of aromatic nitrogens is 12. The number of alkyl halides is 15. The summed E-state index contributed by atoms with van der Waals surface area (Å²) in [6, 6.07) is 31.5. The van der Waals surface area contributed by atoms with Crippen LogP contribution in [0.3, 0.4) is 0 Å². The third-order valence-corrected chi connectivity index (χ3v) is 25.4. The van der Waals surface area contributed by atoms with Crippen molar-refractivity contribution in [2.24, 2.45) is 16.2 Å². The molecule has 6 fully saturated rings. The Hall–Kier alpha value is -11.0. The summed E-state index contributed by atoms with van der Waals surface area (Å²) in [4.78, 5) is 74.9. The number of carbonyl (C=O) groups excluding carboxylic acids is 3. The molecule has 3 aromatic carbocycles. The number of hydrogen-bond donors (Lipinski definition) is 9. The molecule has 3 spiro atoms. The zero-order chi connectivity index (χ0) is 89.0. The van der Waals surface area contributed by atoms with Gasteiger partial charge in [-0.3, -0.25) is 28.8 Å². The van der Waals surface area contributed by atoms with Crippen LogP contribution in [0.1, 0.15) is 167 Å². The van der Waals surface area contributed by atoms with Gasteiger partial charge in [0.05, 0.1) is 85.1 Å². The van der Waals surface area contributed by atoms with Gasteiger partial charge in [0.25, 0.3) is 45.6 Å². The second kappa shape index (κ2) is 34.0. The van der Waals surface area contributed by atoms with Crippen molar-refractivity contribution < 1.29 is 116 Å². The standard InChI is InChI=1S/C28H25F6N5O3.C28H23F6N5O3.C23H20BrN5O2.C5H7F3O.CH3.Pd/c2*29-27(30,31)26(42,28(32,33)34)8-7-15-5-6-21-20(13-35-39(21)14-15)23(40)36-17-11-25(12-17)9-16(10-25)22-18-3-1-2-4-19(18)24(41)38-37-22;24-14-5-6-19-18(11-25-29(19)12-14)21(30)26-15-9-23(10-15)7-13(8-23)20-16-3-1-2-4-17(16)22(31)28-27-20;1-3-4(2,9)5(6,7)8;;/h1-6,13-14,16-17,42H,7-12H2,(H,36,40)(H,38,41);1-8,13-14,16-17,42H,9-12H2,(H,36,40)(H,38,41);1-6,11-13,15H,7-10H2,(H,26,30)(H,28,31);3,9H,1H2,2H3;1H3;/q;;;;-1;/b;8-7+;;;;. The van der Waals surface area contributed by atoms with Gasteiger partial charge in [0.2, 0.25) is 0 Å². The Kier molecular flexibility index (Phi) is 25.0. The summed E-state index contributed by atoms with van der Waals surface area (Å²) in [7, 11) is 0. The van der Waals surface area contributed by atoms with Crippen LogP contribution in [0.5, 0.6) is 0 Å². The van der Waals surface area contributed by atoms with E-state index in [2.05, 4.69) is 84.3 Å². The number of nitrogens with one attached hydrogen (secondary N) is 6. The van der Waals surface area contributed by atoms with Crippen LogP contribution < -0.4 is 32.6 Å². The number of halogens is 16. The number of benzene rings is 3. The second-order valence-electron chi connectivity index (χ2n) is 33.3. The average Bonchev–Trinajstić information content (AvgIpc) is 0.782. The molecular weight excluding hydrogens is 1850 g/mol. The van der Waals surface area contributed by atoms with Crippen molar-refractivity contribution in [1.82, 2.24) is 75.4 Å². The van der Waals surface area contributed by atoms with Crippen LogP contribution in [-0.4, -0.2) is 158 Å². The van der Waals surface area contributed by atoms with Crippen molar-refractivity contribution in [1.29, 1.82) is 0 Å². The molecule has 3 amide bonds. The Morgan fingerprint density at radius 2 is 0.794 bits per heavy atom. The Labute approximate surface area is 725 Å². The van der Waals surface area contributed by atoms with Crippen LogP contribution >= 0.6 is 15.9 Å². The number of H-pyrrole nitrogens is 3. The molecule has 0 aliphatic heterocycles. The number of aryl methyl sites for hydroxylation is 1. The maximum absolute atomic E-state index is 13.0. The van der Waals surface area contributed by atoms with Crippen LogP contribution in [0.25, 0.3) is 54.9 Å². The number of carbonyl (C=O) groups is 3. The van der Waals surface area contributed by atoms with Gasteiger partial charge in [0.1, 0.15) is 0 Å². The van der Waals surface area contributed by atoms with E-state index in [1.54, 1.807) is 28.9 Å². The summed E-state index contributed by atoms with van der Waals surface area (Å²) in [6.07, 6.45) is -11.0. The Balaban J connectivity index is 0.000000154. The smallest absolute Gasteiger partial charge is 0.377 e. The Bertz CT molecular complexity index is 6350. The van der Waals surface area contributed by atoms with Crippen molar-refractivity contribution in [2.45, 2.75) is 180 Å². The number of fused-ring (bicyclic) bond motifs is 6. The van der Waals surface area contributed by atoms with Gasteiger partial charge in [-0.15, -0.1) is 0 Å². The van der Waals surface area contributed by atoms with E-state index in [1.807, 2.05) is 72.9 Å². The molecule has 0 saturated heterocycles. The van der Waals surface area contributed by atoms with E-state index in [4.69, 9.17) is 5.11 Å². The summed E-state index contributed by atoms with van der Waals surface area (Å²) < 4.78 is 195. The van der Waals surface area contributed by atoms with Gasteiger partial charge in [-0.1, -0.05) is 85.5 Å². The van der Waals surface area contributed by atoms with Crippen molar-refractivity contribution in [2.75, 3.05) is 0 Å². The van der Waals surface area contributed by atoms with Gasteiger partial charge in [-0.2, -0.15) is 96.4 Å². The fourth-order valence-electron chi connectivity index (χ4n) is 18.1. The molecule has 9 N–H and O–H groups in total. The van der Waals surface area contributed by atoms with Crippen molar-refractivity contribution in [3.63, 3.8) is 0 Å². The number of nitrogens with zero attached hydrogens (tertiary/aromatic N) is 9. The predicted octanol–water partition coefficient (Wildman–Crippen LogP) is 15.4. The monoisotopic (exact) mass is 1920 g/mol. The molecule has 9 aromatic heterocycles. The fourth-order valence-corrected chi connectivity index (χ4v) is 18.5. The van der Waals surface area contributed by atoms with Gasteiger partial charge < -0.3 is 38.7 Å². The van der Waals surface area contributed by atoms with Gasteiger partial charge in [0, 0.05) is 95.5 Å². The Morgan fingerprint density at radius 1 is 0.468 bits per heavy atom. The minimum Gasteiger partial charge on any atom is -0.377 e. The van der Waals surface area contributed by atoms with E-state index >= 15 is 0 Å². The van der Waals surface area contributed by atoms with Crippen molar-refractivity contribution in [3.05, 3.63) is 253 Å². The third-order valence-electron chi connectivity index (χ3n) is 24.9. The molecule has 0 bridgehead atoms. The average molecular weight is 1920 g/mol. The largest absolute Gasteiger partial charge is 0.430 e. The zero-order valence-electron chi connectivity index (χ0n) is 66.3. The van der Waals surface area contributed by atoms with Crippen molar-refractivity contribution >= 4 is 88.6 Å². The predicted molar refractivity (Wildman–Crippen MR) is 430 cm³/mol. The van der Waals surface area contributed by atoms with E-state index in [9.17, 15) is 105 Å². The van der Waals surface area contributed by atoms with Gasteiger partial charge in [0.15, 0.2) is 5.60 Å². The number of aliphatic hydroxyl groups is 3. The van der Waals surface area contributed by atoms with Crippen molar-refractivity contribution in [3.8, 4) is 0 Å². The summed E-state index contributed by atoms with van der Waals surface area (Å²) in [5.41, 5.74) is -7.58. The van der Waals surface area contributed by atoms with Gasteiger partial charge in [-0.05, 0) is 189 Å². The molecule has 18 rings (SSSR count). The molecule has 6 aliphatic carbocycles. The molecular formula is C85H78BrF15N15O9Pd-. The number of amides is 3. The molecule has 41 heteroatoms. The number of rotatable bonds is 15. The molecule has 670 valence electrons. The summed E-state index contributed by atoms with van der Waals surface area (Å²) in [5.74, 6) is -0.0843. The number of aromatic amines is 3. The first-order chi connectivity index (χ1) is 58.2. The maximum atomic E-state index is 13.0. The molecule has 9 heterocycles. The van der Waals surface area contributed by atoms with E-state index in [0.29, 0.717) is 57.7 Å². The molecule has 1 unspecified atom stereocenters. The third kappa shape index (κ3) is 17.7. The van der Waals surface area contributed by atoms with Gasteiger partial charge in [-0.25, -0.2) is 28.8 Å². The number of hydrogen-bond acceptors (Lipinski definition) is 15. The molecule has 1 atom stereocenters.